The molecule has 0 unspecified atom stereocenters. The number of piperidine rings is 1. The minimum atomic E-state index is -0.0868. The van der Waals surface area contributed by atoms with Gasteiger partial charge in [-0.15, -0.1) is 0 Å². The van der Waals surface area contributed by atoms with Crippen LogP contribution >= 0.6 is 23.2 Å². The molecular formula is C19H25Cl2N3O2. The Kier molecular flexibility index (Phi) is 6.79. The second-order valence-corrected chi connectivity index (χ2v) is 7.94. The average Bonchev–Trinajstić information content (AvgIpc) is 2.65. The molecule has 0 radical (unpaired) electrons. The third-order valence-corrected chi connectivity index (χ3v) is 5.69. The number of carbonyl (C=O) groups excluding carboxylic acids is 2. The summed E-state index contributed by atoms with van der Waals surface area (Å²) in [5.41, 5.74) is 0.494. The maximum absolute atomic E-state index is 12.6. The van der Waals surface area contributed by atoms with E-state index < -0.39 is 0 Å². The molecule has 2 amide bonds. The van der Waals surface area contributed by atoms with E-state index >= 15 is 0 Å². The molecule has 26 heavy (non-hydrogen) atoms. The van der Waals surface area contributed by atoms with E-state index in [2.05, 4.69) is 5.32 Å². The van der Waals surface area contributed by atoms with Crippen LogP contribution < -0.4 is 5.32 Å². The van der Waals surface area contributed by atoms with Crippen molar-refractivity contribution in [3.8, 4) is 0 Å². The number of hydrogen-bond acceptors (Lipinski definition) is 3. The molecule has 2 saturated heterocycles. The predicted molar refractivity (Wildman–Crippen MR) is 104 cm³/mol. The number of carbonyl (C=O) groups is 2. The number of amides is 2. The molecule has 0 atom stereocenters. The van der Waals surface area contributed by atoms with Gasteiger partial charge in [-0.3, -0.25) is 9.59 Å². The Morgan fingerprint density at radius 2 is 1.54 bits per heavy atom. The molecule has 0 saturated carbocycles. The van der Waals surface area contributed by atoms with Crippen LogP contribution in [0.5, 0.6) is 0 Å². The first-order valence-corrected chi connectivity index (χ1v) is 10.0. The van der Waals surface area contributed by atoms with Crippen LogP contribution in [0, 0.1) is 5.92 Å². The van der Waals surface area contributed by atoms with Gasteiger partial charge in [-0.05, 0) is 56.5 Å². The molecule has 2 aliphatic heterocycles. The first kappa shape index (κ1) is 19.5. The molecule has 2 aliphatic rings. The van der Waals surface area contributed by atoms with Gasteiger partial charge in [0.15, 0.2) is 0 Å². The van der Waals surface area contributed by atoms with Crippen LogP contribution in [0.25, 0.3) is 0 Å². The molecule has 1 aromatic rings. The van der Waals surface area contributed by atoms with Gasteiger partial charge in [0, 0.05) is 48.2 Å². The summed E-state index contributed by atoms with van der Waals surface area (Å²) in [6.07, 6.45) is 3.92. The van der Waals surface area contributed by atoms with Crippen molar-refractivity contribution in [1.82, 2.24) is 15.1 Å². The van der Waals surface area contributed by atoms with Crippen molar-refractivity contribution in [2.45, 2.75) is 25.7 Å². The second kappa shape index (κ2) is 9.07. The van der Waals surface area contributed by atoms with E-state index in [0.717, 1.165) is 32.4 Å². The summed E-state index contributed by atoms with van der Waals surface area (Å²) in [6.45, 7) is 4.39. The molecule has 142 valence electrons. The van der Waals surface area contributed by atoms with E-state index in [-0.39, 0.29) is 11.8 Å². The Balaban J connectivity index is 1.47. The van der Waals surface area contributed by atoms with Crippen molar-refractivity contribution in [3.05, 3.63) is 33.8 Å². The minimum absolute atomic E-state index is 0.0868. The quantitative estimate of drug-likeness (QED) is 0.848. The van der Waals surface area contributed by atoms with Crippen molar-refractivity contribution >= 4 is 35.0 Å². The van der Waals surface area contributed by atoms with Crippen LogP contribution in [0.1, 0.15) is 36.0 Å². The highest BCUT2D eigenvalue weighted by Crippen LogP contribution is 2.21. The van der Waals surface area contributed by atoms with Crippen molar-refractivity contribution in [3.63, 3.8) is 0 Å². The molecule has 2 fully saturated rings. The number of benzene rings is 1. The monoisotopic (exact) mass is 397 g/mol. The van der Waals surface area contributed by atoms with E-state index in [1.807, 2.05) is 4.90 Å². The SMILES string of the molecule is O=C(CCC1CCNCC1)N1CCN(C(=O)c2cc(Cl)cc(Cl)c2)CC1. The smallest absolute Gasteiger partial charge is 0.254 e. The van der Waals surface area contributed by atoms with Gasteiger partial charge in [0.05, 0.1) is 0 Å². The Labute approximate surface area is 164 Å². The van der Waals surface area contributed by atoms with Gasteiger partial charge in [0.25, 0.3) is 5.91 Å². The zero-order chi connectivity index (χ0) is 18.5. The fourth-order valence-corrected chi connectivity index (χ4v) is 4.20. The van der Waals surface area contributed by atoms with Crippen molar-refractivity contribution in [2.24, 2.45) is 5.92 Å². The zero-order valence-corrected chi connectivity index (χ0v) is 16.4. The van der Waals surface area contributed by atoms with Gasteiger partial charge in [0.1, 0.15) is 0 Å². The van der Waals surface area contributed by atoms with E-state index in [4.69, 9.17) is 23.2 Å². The number of piperazine rings is 1. The van der Waals surface area contributed by atoms with Gasteiger partial charge in [-0.1, -0.05) is 23.2 Å². The lowest BCUT2D eigenvalue weighted by Crippen LogP contribution is -2.50. The maximum atomic E-state index is 12.6. The highest BCUT2D eigenvalue weighted by atomic mass is 35.5. The molecule has 7 heteroatoms. The van der Waals surface area contributed by atoms with Crippen LogP contribution in [-0.2, 0) is 4.79 Å². The molecule has 0 aromatic heterocycles. The summed E-state index contributed by atoms with van der Waals surface area (Å²) in [6, 6.07) is 4.87. The van der Waals surface area contributed by atoms with Gasteiger partial charge in [-0.25, -0.2) is 0 Å². The van der Waals surface area contributed by atoms with Gasteiger partial charge in [-0.2, -0.15) is 0 Å². The molecule has 5 nitrogen and oxygen atoms in total. The Morgan fingerprint density at radius 1 is 0.962 bits per heavy atom. The first-order valence-electron chi connectivity index (χ1n) is 9.27. The summed E-state index contributed by atoms with van der Waals surface area (Å²) in [5, 5.41) is 4.26. The van der Waals surface area contributed by atoms with E-state index in [0.29, 0.717) is 54.1 Å². The highest BCUT2D eigenvalue weighted by molar-refractivity contribution is 6.35. The highest BCUT2D eigenvalue weighted by Gasteiger charge is 2.25. The Morgan fingerprint density at radius 3 is 2.15 bits per heavy atom. The molecule has 0 spiro atoms. The molecular weight excluding hydrogens is 373 g/mol. The summed E-state index contributed by atoms with van der Waals surface area (Å²) in [5.74, 6) is 0.785. The lowest BCUT2D eigenvalue weighted by molar-refractivity contribution is -0.133. The number of hydrogen-bond donors (Lipinski definition) is 1. The van der Waals surface area contributed by atoms with Crippen LogP contribution in [0.4, 0.5) is 0 Å². The van der Waals surface area contributed by atoms with Crippen LogP contribution in [0.2, 0.25) is 10.0 Å². The van der Waals surface area contributed by atoms with Crippen molar-refractivity contribution in [1.29, 1.82) is 0 Å². The molecule has 0 bridgehead atoms. The normalized spacial score (nSPS) is 18.8. The molecule has 1 N–H and O–H groups in total. The summed E-state index contributed by atoms with van der Waals surface area (Å²) in [7, 11) is 0. The van der Waals surface area contributed by atoms with E-state index in [9.17, 15) is 9.59 Å². The fraction of sp³-hybridized carbons (Fsp3) is 0.579. The predicted octanol–water partition coefficient (Wildman–Crippen LogP) is 3.06. The zero-order valence-electron chi connectivity index (χ0n) is 14.8. The van der Waals surface area contributed by atoms with E-state index in [1.54, 1.807) is 23.1 Å². The molecule has 1 aromatic carbocycles. The third kappa shape index (κ3) is 5.12. The van der Waals surface area contributed by atoms with Crippen molar-refractivity contribution in [2.75, 3.05) is 39.3 Å². The van der Waals surface area contributed by atoms with Crippen LogP contribution in [0.3, 0.4) is 0 Å². The maximum Gasteiger partial charge on any atom is 0.254 e. The third-order valence-electron chi connectivity index (χ3n) is 5.25. The van der Waals surface area contributed by atoms with Crippen LogP contribution in [0.15, 0.2) is 18.2 Å². The van der Waals surface area contributed by atoms with Gasteiger partial charge < -0.3 is 15.1 Å². The van der Waals surface area contributed by atoms with Crippen molar-refractivity contribution < 1.29 is 9.59 Å². The lowest BCUT2D eigenvalue weighted by Gasteiger charge is -2.35. The fourth-order valence-electron chi connectivity index (χ4n) is 3.67. The summed E-state index contributed by atoms with van der Waals surface area (Å²) >= 11 is 12.0. The first-order chi connectivity index (χ1) is 12.5. The molecule has 0 aliphatic carbocycles. The molecule has 2 heterocycles. The topological polar surface area (TPSA) is 52.7 Å². The summed E-state index contributed by atoms with van der Waals surface area (Å²) < 4.78 is 0. The standard InChI is InChI=1S/C19H25Cl2N3O2/c20-16-11-15(12-17(21)13-16)19(26)24-9-7-23(8-10-24)18(25)2-1-14-3-5-22-6-4-14/h11-14,22H,1-10H2. The average molecular weight is 398 g/mol. The van der Waals surface area contributed by atoms with Gasteiger partial charge >= 0.3 is 0 Å². The minimum Gasteiger partial charge on any atom is -0.339 e. The Hall–Kier alpha value is -1.30. The second-order valence-electron chi connectivity index (χ2n) is 7.06. The number of halogens is 2. The van der Waals surface area contributed by atoms with E-state index in [1.165, 1.54) is 0 Å². The van der Waals surface area contributed by atoms with Crippen LogP contribution in [-0.4, -0.2) is 60.9 Å². The Bertz CT molecular complexity index is 634. The number of nitrogens with zero attached hydrogens (tertiary/aromatic N) is 2. The lowest BCUT2D eigenvalue weighted by atomic mass is 9.93. The van der Waals surface area contributed by atoms with Gasteiger partial charge in [0.2, 0.25) is 5.91 Å². The molecule has 3 rings (SSSR count). The summed E-state index contributed by atoms with van der Waals surface area (Å²) in [4.78, 5) is 28.7. The largest absolute Gasteiger partial charge is 0.339 e. The number of nitrogens with one attached hydrogen (secondary N) is 1. The number of rotatable bonds is 4.